The topological polar surface area (TPSA) is 91.4 Å². The van der Waals surface area contributed by atoms with Gasteiger partial charge in [-0.25, -0.2) is 4.98 Å². The molecule has 7 nitrogen and oxygen atoms in total. The van der Waals surface area contributed by atoms with Crippen molar-refractivity contribution in [1.29, 1.82) is 0 Å². The third-order valence-corrected chi connectivity index (χ3v) is 4.49. The molecule has 1 aliphatic rings. The number of nitrogens with zero attached hydrogens (tertiary/aromatic N) is 2. The molecule has 0 aliphatic carbocycles. The number of likely N-dealkylation sites (tertiary alicyclic amines) is 1. The van der Waals surface area contributed by atoms with Crippen molar-refractivity contribution < 1.29 is 14.4 Å². The van der Waals surface area contributed by atoms with E-state index in [-0.39, 0.29) is 30.1 Å². The third kappa shape index (κ3) is 5.54. The minimum atomic E-state index is -0.141. The zero-order valence-corrected chi connectivity index (χ0v) is 15.7. The van der Waals surface area contributed by atoms with Gasteiger partial charge in [0, 0.05) is 38.7 Å². The number of anilines is 1. The van der Waals surface area contributed by atoms with Crippen LogP contribution in [0.2, 0.25) is 0 Å². The van der Waals surface area contributed by atoms with Crippen LogP contribution in [0.1, 0.15) is 43.5 Å². The van der Waals surface area contributed by atoms with Gasteiger partial charge >= 0.3 is 0 Å². The van der Waals surface area contributed by atoms with Crippen molar-refractivity contribution >= 4 is 23.4 Å². The molecule has 0 saturated carbocycles. The summed E-state index contributed by atoms with van der Waals surface area (Å²) in [5, 5.41) is 5.40. The van der Waals surface area contributed by atoms with Gasteiger partial charge in [0.05, 0.1) is 12.1 Å². The summed E-state index contributed by atoms with van der Waals surface area (Å²) in [7, 11) is 1.57. The predicted octanol–water partition coefficient (Wildman–Crippen LogP) is 1.71. The van der Waals surface area contributed by atoms with Gasteiger partial charge in [-0.3, -0.25) is 14.4 Å². The van der Waals surface area contributed by atoms with E-state index in [0.717, 1.165) is 12.8 Å². The number of nitrogens with one attached hydrogen (secondary N) is 2. The van der Waals surface area contributed by atoms with E-state index in [2.05, 4.69) is 15.6 Å². The van der Waals surface area contributed by atoms with Gasteiger partial charge < -0.3 is 15.5 Å². The molecule has 2 N–H and O–H groups in total. The van der Waals surface area contributed by atoms with Crippen LogP contribution in [-0.2, 0) is 9.59 Å². The first kappa shape index (κ1) is 19.9. The van der Waals surface area contributed by atoms with Crippen LogP contribution in [-0.4, -0.2) is 54.2 Å². The quantitative estimate of drug-likeness (QED) is 0.772. The van der Waals surface area contributed by atoms with Crippen LogP contribution in [0.3, 0.4) is 0 Å². The largest absolute Gasteiger partial charge is 0.361 e. The molecule has 1 fully saturated rings. The van der Waals surface area contributed by atoms with Crippen LogP contribution >= 0.6 is 0 Å². The smallest absolute Gasteiger partial charge is 0.255 e. The molecule has 1 atom stereocenters. The highest BCUT2D eigenvalue weighted by molar-refractivity contribution is 5.94. The molecule has 2 heterocycles. The second-order valence-corrected chi connectivity index (χ2v) is 7.11. The zero-order chi connectivity index (χ0) is 19.1. The Morgan fingerprint density at radius 3 is 2.69 bits per heavy atom. The number of piperidine rings is 1. The monoisotopic (exact) mass is 360 g/mol. The summed E-state index contributed by atoms with van der Waals surface area (Å²) in [5.41, 5.74) is 0.493. The lowest BCUT2D eigenvalue weighted by atomic mass is 9.89. The first-order chi connectivity index (χ1) is 12.4. The van der Waals surface area contributed by atoms with Crippen LogP contribution in [0.25, 0.3) is 0 Å². The average molecular weight is 360 g/mol. The standard InChI is InChI=1S/C19H28N4O3/c1-13(2)9-16(24)15-5-4-8-23(12-15)19(26)14-6-7-17(21-10-14)22-11-18(25)20-3/h6-7,10,13,15H,4-5,8-9,11-12H2,1-3H3,(H,20,25)(H,21,22). The second-order valence-electron chi connectivity index (χ2n) is 7.11. The molecule has 0 bridgehead atoms. The number of hydrogen-bond donors (Lipinski definition) is 2. The number of Topliss-reactive ketones (excluding diaryl/α,β-unsaturated/α-hetero) is 1. The molecule has 0 spiro atoms. The number of pyridine rings is 1. The van der Waals surface area contributed by atoms with Gasteiger partial charge in [-0.05, 0) is 30.9 Å². The Morgan fingerprint density at radius 1 is 1.31 bits per heavy atom. The van der Waals surface area contributed by atoms with E-state index < -0.39 is 0 Å². The molecule has 1 aromatic rings. The molecule has 26 heavy (non-hydrogen) atoms. The van der Waals surface area contributed by atoms with E-state index in [1.165, 1.54) is 6.20 Å². The van der Waals surface area contributed by atoms with Crippen LogP contribution in [0.15, 0.2) is 18.3 Å². The molecule has 1 aliphatic heterocycles. The first-order valence-corrected chi connectivity index (χ1v) is 9.13. The number of carbonyl (C=O) groups excluding carboxylic acids is 3. The van der Waals surface area contributed by atoms with Crippen molar-refractivity contribution in [2.45, 2.75) is 33.1 Å². The van der Waals surface area contributed by atoms with Gasteiger partial charge in [0.1, 0.15) is 11.6 Å². The number of amides is 2. The fourth-order valence-corrected chi connectivity index (χ4v) is 3.06. The second kappa shape index (κ2) is 9.31. The Balaban J connectivity index is 1.95. The molecule has 1 unspecified atom stereocenters. The number of ketones is 1. The predicted molar refractivity (Wildman–Crippen MR) is 99.9 cm³/mol. The van der Waals surface area contributed by atoms with E-state index in [1.54, 1.807) is 24.1 Å². The summed E-state index contributed by atoms with van der Waals surface area (Å²) in [5.74, 6) is 0.831. The Labute approximate surface area is 154 Å². The summed E-state index contributed by atoms with van der Waals surface area (Å²) in [6, 6.07) is 3.38. The number of aromatic nitrogens is 1. The van der Waals surface area contributed by atoms with Crippen LogP contribution < -0.4 is 10.6 Å². The SMILES string of the molecule is CNC(=O)CNc1ccc(C(=O)N2CCCC(C(=O)CC(C)C)C2)cn1. The molecule has 1 aromatic heterocycles. The summed E-state index contributed by atoms with van der Waals surface area (Å²) >= 11 is 0. The highest BCUT2D eigenvalue weighted by Gasteiger charge is 2.29. The third-order valence-electron chi connectivity index (χ3n) is 4.49. The van der Waals surface area contributed by atoms with Gasteiger partial charge in [-0.2, -0.15) is 0 Å². The molecule has 2 amide bonds. The lowest BCUT2D eigenvalue weighted by Gasteiger charge is -2.32. The molecule has 2 rings (SSSR count). The Bertz CT molecular complexity index is 643. The lowest BCUT2D eigenvalue weighted by molar-refractivity contribution is -0.125. The summed E-state index contributed by atoms with van der Waals surface area (Å²) < 4.78 is 0. The summed E-state index contributed by atoms with van der Waals surface area (Å²) in [6.45, 7) is 5.36. The Morgan fingerprint density at radius 2 is 2.08 bits per heavy atom. The number of rotatable bonds is 7. The first-order valence-electron chi connectivity index (χ1n) is 9.13. The average Bonchev–Trinajstić information content (AvgIpc) is 2.65. The van der Waals surface area contributed by atoms with Gasteiger partial charge in [0.2, 0.25) is 5.91 Å². The summed E-state index contributed by atoms with van der Waals surface area (Å²) in [6.07, 6.45) is 3.78. The van der Waals surface area contributed by atoms with Gasteiger partial charge in [-0.15, -0.1) is 0 Å². The zero-order valence-electron chi connectivity index (χ0n) is 15.7. The minimum Gasteiger partial charge on any atom is -0.361 e. The molecule has 142 valence electrons. The van der Waals surface area contributed by atoms with Crippen LogP contribution in [0, 0.1) is 11.8 Å². The molecule has 7 heteroatoms. The Hall–Kier alpha value is -2.44. The van der Waals surface area contributed by atoms with Crippen LogP contribution in [0.4, 0.5) is 5.82 Å². The highest BCUT2D eigenvalue weighted by atomic mass is 16.2. The maximum Gasteiger partial charge on any atom is 0.255 e. The van der Waals surface area contributed by atoms with Gasteiger partial charge in [-0.1, -0.05) is 13.8 Å². The number of likely N-dealkylation sites (N-methyl/N-ethyl adjacent to an activating group) is 1. The summed E-state index contributed by atoms with van der Waals surface area (Å²) in [4.78, 5) is 42.2. The maximum absolute atomic E-state index is 12.7. The Kier molecular flexibility index (Phi) is 7.12. The molecular weight excluding hydrogens is 332 g/mol. The van der Waals surface area contributed by atoms with Crippen molar-refractivity contribution in [3.63, 3.8) is 0 Å². The fourth-order valence-electron chi connectivity index (χ4n) is 3.06. The highest BCUT2D eigenvalue weighted by Crippen LogP contribution is 2.22. The normalized spacial score (nSPS) is 17.1. The van der Waals surface area contributed by atoms with E-state index in [1.807, 2.05) is 13.8 Å². The molecule has 0 radical (unpaired) electrons. The minimum absolute atomic E-state index is 0.0587. The van der Waals surface area contributed by atoms with Crippen molar-refractivity contribution in [2.75, 3.05) is 32.0 Å². The number of hydrogen-bond acceptors (Lipinski definition) is 5. The molecule has 1 saturated heterocycles. The van der Waals surface area contributed by atoms with E-state index >= 15 is 0 Å². The lowest BCUT2D eigenvalue weighted by Crippen LogP contribution is -2.42. The molecule has 0 aromatic carbocycles. The van der Waals surface area contributed by atoms with Crippen molar-refractivity contribution in [2.24, 2.45) is 11.8 Å². The van der Waals surface area contributed by atoms with Crippen molar-refractivity contribution in [1.82, 2.24) is 15.2 Å². The maximum atomic E-state index is 12.7. The van der Waals surface area contributed by atoms with Gasteiger partial charge in [0.15, 0.2) is 0 Å². The fraction of sp³-hybridized carbons (Fsp3) is 0.579. The van der Waals surface area contributed by atoms with E-state index in [0.29, 0.717) is 36.8 Å². The van der Waals surface area contributed by atoms with E-state index in [4.69, 9.17) is 0 Å². The number of carbonyl (C=O) groups is 3. The van der Waals surface area contributed by atoms with Crippen LogP contribution in [0.5, 0.6) is 0 Å². The van der Waals surface area contributed by atoms with Gasteiger partial charge in [0.25, 0.3) is 5.91 Å². The van der Waals surface area contributed by atoms with E-state index in [9.17, 15) is 14.4 Å². The molecular formula is C19H28N4O3. The van der Waals surface area contributed by atoms with Crippen molar-refractivity contribution in [3.8, 4) is 0 Å². The van der Waals surface area contributed by atoms with Crippen molar-refractivity contribution in [3.05, 3.63) is 23.9 Å².